The second-order valence-electron chi connectivity index (χ2n) is 8.05. The Morgan fingerprint density at radius 2 is 1.74 bits per heavy atom. The van der Waals surface area contributed by atoms with Crippen molar-refractivity contribution in [2.75, 3.05) is 17.3 Å². The normalized spacial score (nSPS) is 15.6. The molecule has 1 heterocycles. The molecule has 1 N–H and O–H groups in total. The molecule has 0 aliphatic carbocycles. The molecule has 1 aliphatic rings. The third-order valence-electron chi connectivity index (χ3n) is 5.60. The Bertz CT molecular complexity index is 1210. The van der Waals surface area contributed by atoms with Gasteiger partial charge in [0, 0.05) is 12.2 Å². The van der Waals surface area contributed by atoms with E-state index in [0.29, 0.717) is 17.1 Å². The Morgan fingerprint density at radius 3 is 2.41 bits per heavy atom. The Hall–Kier alpha value is -4.20. The first-order chi connectivity index (χ1) is 16.4. The topological polar surface area (TPSA) is 79.0 Å². The summed E-state index contributed by atoms with van der Waals surface area (Å²) in [6.45, 7) is 2.04. The van der Waals surface area contributed by atoms with E-state index in [-0.39, 0.29) is 13.0 Å². The lowest BCUT2D eigenvalue weighted by atomic mass is 10.1. The lowest BCUT2D eigenvalue weighted by Gasteiger charge is -2.22. The van der Waals surface area contributed by atoms with Crippen LogP contribution in [0.5, 0.6) is 5.75 Å². The van der Waals surface area contributed by atoms with Crippen LogP contribution in [0.4, 0.5) is 20.6 Å². The average Bonchev–Trinajstić information content (AvgIpc) is 3.05. The van der Waals surface area contributed by atoms with Gasteiger partial charge in [0.15, 0.2) is 0 Å². The molecule has 0 bridgehead atoms. The lowest BCUT2D eigenvalue weighted by molar-refractivity contribution is -0.124. The van der Waals surface area contributed by atoms with Crippen molar-refractivity contribution in [1.29, 1.82) is 0 Å². The van der Waals surface area contributed by atoms with E-state index >= 15 is 0 Å². The smallest absolute Gasteiger partial charge is 0.332 e. The van der Waals surface area contributed by atoms with Gasteiger partial charge in [-0.3, -0.25) is 9.59 Å². The van der Waals surface area contributed by atoms with Gasteiger partial charge in [0.05, 0.1) is 19.2 Å². The summed E-state index contributed by atoms with van der Waals surface area (Å²) in [7, 11) is 1.55. The Kier molecular flexibility index (Phi) is 6.58. The Morgan fingerprint density at radius 1 is 1.03 bits per heavy atom. The lowest BCUT2D eigenvalue weighted by Crippen LogP contribution is -2.37. The number of amides is 4. The molecule has 4 rings (SSSR count). The third kappa shape index (κ3) is 4.91. The molecule has 4 amide bonds. The molecule has 0 aromatic heterocycles. The van der Waals surface area contributed by atoms with Crippen molar-refractivity contribution in [3.63, 3.8) is 0 Å². The van der Waals surface area contributed by atoms with Crippen LogP contribution in [0.3, 0.4) is 0 Å². The SMILES string of the molecule is COc1cccc(CN2C(=O)N(c3ccc(C)cc3)C(=O)[C@H]2CC(=O)Nc2ccc(F)cc2)c1. The van der Waals surface area contributed by atoms with Gasteiger partial charge in [-0.15, -0.1) is 0 Å². The second-order valence-corrected chi connectivity index (χ2v) is 8.05. The first-order valence-corrected chi connectivity index (χ1v) is 10.8. The molecule has 8 heteroatoms. The summed E-state index contributed by atoms with van der Waals surface area (Å²) in [5, 5.41) is 2.66. The number of nitrogens with zero attached hydrogens (tertiary/aromatic N) is 2. The van der Waals surface area contributed by atoms with Gasteiger partial charge in [-0.25, -0.2) is 14.1 Å². The van der Waals surface area contributed by atoms with E-state index in [9.17, 15) is 18.8 Å². The number of nitrogens with one attached hydrogen (secondary N) is 1. The van der Waals surface area contributed by atoms with E-state index in [4.69, 9.17) is 4.74 Å². The third-order valence-corrected chi connectivity index (χ3v) is 5.60. The van der Waals surface area contributed by atoms with Crippen LogP contribution in [0.25, 0.3) is 0 Å². The van der Waals surface area contributed by atoms with Crippen LogP contribution in [0.2, 0.25) is 0 Å². The van der Waals surface area contributed by atoms with Gasteiger partial charge in [-0.2, -0.15) is 0 Å². The highest BCUT2D eigenvalue weighted by Gasteiger charge is 2.46. The van der Waals surface area contributed by atoms with Crippen molar-refractivity contribution in [2.45, 2.75) is 25.9 Å². The maximum Gasteiger partial charge on any atom is 0.332 e. The fourth-order valence-electron chi connectivity index (χ4n) is 3.83. The maximum atomic E-state index is 13.4. The molecule has 174 valence electrons. The van der Waals surface area contributed by atoms with Crippen LogP contribution >= 0.6 is 0 Å². The highest BCUT2D eigenvalue weighted by Crippen LogP contribution is 2.29. The number of carbonyl (C=O) groups excluding carboxylic acids is 3. The first-order valence-electron chi connectivity index (χ1n) is 10.8. The Balaban J connectivity index is 1.61. The minimum atomic E-state index is -1.000. The van der Waals surface area contributed by atoms with E-state index in [1.807, 2.05) is 25.1 Å². The van der Waals surface area contributed by atoms with E-state index in [1.165, 1.54) is 29.2 Å². The average molecular weight is 461 g/mol. The number of ether oxygens (including phenoxy) is 1. The van der Waals surface area contributed by atoms with E-state index in [1.54, 1.807) is 37.4 Å². The number of hydrogen-bond acceptors (Lipinski definition) is 4. The van der Waals surface area contributed by atoms with Crippen molar-refractivity contribution in [3.8, 4) is 5.75 Å². The minimum absolute atomic E-state index is 0.124. The number of imide groups is 1. The number of halogens is 1. The van der Waals surface area contributed by atoms with E-state index in [0.717, 1.165) is 16.0 Å². The van der Waals surface area contributed by atoms with Crippen molar-refractivity contribution in [1.82, 2.24) is 4.90 Å². The summed E-state index contributed by atoms with van der Waals surface area (Å²) < 4.78 is 18.4. The predicted molar refractivity (Wildman–Crippen MR) is 126 cm³/mol. The molecule has 1 fully saturated rings. The highest BCUT2D eigenvalue weighted by atomic mass is 19.1. The first kappa shape index (κ1) is 23.0. The molecule has 1 atom stereocenters. The summed E-state index contributed by atoms with van der Waals surface area (Å²) in [5.74, 6) is -0.741. The molecule has 0 spiro atoms. The molecular weight excluding hydrogens is 437 g/mol. The van der Waals surface area contributed by atoms with Gasteiger partial charge in [0.1, 0.15) is 17.6 Å². The number of urea groups is 1. The molecule has 0 saturated carbocycles. The van der Waals surface area contributed by atoms with Crippen LogP contribution in [0.15, 0.2) is 72.8 Å². The molecule has 7 nitrogen and oxygen atoms in total. The summed E-state index contributed by atoms with van der Waals surface area (Å²) >= 11 is 0. The molecule has 1 saturated heterocycles. The van der Waals surface area contributed by atoms with E-state index < -0.39 is 29.7 Å². The minimum Gasteiger partial charge on any atom is -0.497 e. The van der Waals surface area contributed by atoms with Crippen LogP contribution in [-0.4, -0.2) is 35.9 Å². The Labute approximate surface area is 196 Å². The van der Waals surface area contributed by atoms with Gasteiger partial charge in [0.25, 0.3) is 5.91 Å². The predicted octanol–water partition coefficient (Wildman–Crippen LogP) is 4.51. The van der Waals surface area contributed by atoms with Crippen LogP contribution < -0.4 is 15.0 Å². The van der Waals surface area contributed by atoms with Crippen molar-refractivity contribution in [2.24, 2.45) is 0 Å². The zero-order valence-electron chi connectivity index (χ0n) is 18.8. The molecule has 0 radical (unpaired) electrons. The number of benzene rings is 3. The quantitative estimate of drug-likeness (QED) is 0.525. The number of aryl methyl sites for hydroxylation is 1. The summed E-state index contributed by atoms with van der Waals surface area (Å²) in [6.07, 6.45) is -0.242. The maximum absolute atomic E-state index is 13.4. The summed E-state index contributed by atoms with van der Waals surface area (Å²) in [4.78, 5) is 42.0. The van der Waals surface area contributed by atoms with Gasteiger partial charge in [0.2, 0.25) is 5.91 Å². The van der Waals surface area contributed by atoms with Crippen molar-refractivity contribution >= 4 is 29.2 Å². The summed E-state index contributed by atoms with van der Waals surface area (Å²) in [6, 6.07) is 18.0. The van der Waals surface area contributed by atoms with Gasteiger partial charge in [-0.1, -0.05) is 29.8 Å². The van der Waals surface area contributed by atoms with Crippen LogP contribution in [0.1, 0.15) is 17.5 Å². The largest absolute Gasteiger partial charge is 0.497 e. The van der Waals surface area contributed by atoms with Gasteiger partial charge >= 0.3 is 6.03 Å². The molecular formula is C26H24FN3O4. The fourth-order valence-corrected chi connectivity index (χ4v) is 3.83. The van der Waals surface area contributed by atoms with E-state index in [2.05, 4.69) is 5.32 Å². The molecule has 1 aliphatic heterocycles. The number of hydrogen-bond donors (Lipinski definition) is 1. The second kappa shape index (κ2) is 9.74. The summed E-state index contributed by atoms with van der Waals surface area (Å²) in [5.41, 5.74) is 2.59. The monoisotopic (exact) mass is 461 g/mol. The van der Waals surface area contributed by atoms with Crippen LogP contribution in [0, 0.1) is 12.7 Å². The molecule has 3 aromatic carbocycles. The number of methoxy groups -OCH3 is 1. The van der Waals surface area contributed by atoms with Gasteiger partial charge < -0.3 is 15.0 Å². The number of anilines is 2. The highest BCUT2D eigenvalue weighted by molar-refractivity contribution is 6.22. The molecule has 0 unspecified atom stereocenters. The van der Waals surface area contributed by atoms with Crippen LogP contribution in [-0.2, 0) is 16.1 Å². The molecule has 3 aromatic rings. The standard InChI is InChI=1S/C26H24FN3O4/c1-17-6-12-21(13-7-17)30-25(32)23(15-24(31)28-20-10-8-19(27)9-11-20)29(26(30)33)16-18-4-3-5-22(14-18)34-2/h3-14,23H,15-16H2,1-2H3,(H,28,31)/t23-/m1/s1. The zero-order chi connectivity index (χ0) is 24.2. The number of rotatable bonds is 7. The van der Waals surface area contributed by atoms with Crippen molar-refractivity contribution in [3.05, 3.63) is 89.7 Å². The fraction of sp³-hybridized carbons (Fsp3) is 0.192. The molecule has 34 heavy (non-hydrogen) atoms. The zero-order valence-corrected chi connectivity index (χ0v) is 18.8. The van der Waals surface area contributed by atoms with Crippen molar-refractivity contribution < 1.29 is 23.5 Å². The number of carbonyl (C=O) groups is 3. The van der Waals surface area contributed by atoms with Gasteiger partial charge in [-0.05, 0) is 61.0 Å².